The van der Waals surface area contributed by atoms with E-state index in [9.17, 15) is 0 Å². The lowest BCUT2D eigenvalue weighted by molar-refractivity contribution is -0.595. The van der Waals surface area contributed by atoms with E-state index < -0.39 is 0 Å². The Morgan fingerprint density at radius 1 is 1.50 bits per heavy atom. The molecule has 1 heterocycles. The zero-order valence-corrected chi connectivity index (χ0v) is 12.8. The number of nitrogens with zero attached hydrogens (tertiary/aromatic N) is 1. The van der Waals surface area contributed by atoms with Crippen LogP contribution in [0.25, 0.3) is 0 Å². The Bertz CT molecular complexity index is 261. The summed E-state index contributed by atoms with van der Waals surface area (Å²) in [7, 11) is 1.79. The van der Waals surface area contributed by atoms with Gasteiger partial charge in [-0.2, -0.15) is 0 Å². The zero-order valence-electron chi connectivity index (χ0n) is 11.2. The molecule has 3 heteroatoms. The van der Waals surface area contributed by atoms with E-state index >= 15 is 0 Å². The predicted octanol–water partition coefficient (Wildman–Crippen LogP) is 2.93. The SMILES string of the molecule is COC[C@H](C(C)C)[N+]1=CC(C)(C)CC1CBr. The molecule has 0 aliphatic carbocycles. The molecule has 0 bridgehead atoms. The summed E-state index contributed by atoms with van der Waals surface area (Å²) in [4.78, 5) is 0. The molecular formula is C13H25BrNO+. The molecule has 0 aromatic heterocycles. The summed E-state index contributed by atoms with van der Waals surface area (Å²) >= 11 is 3.63. The van der Waals surface area contributed by atoms with E-state index in [-0.39, 0.29) is 0 Å². The van der Waals surface area contributed by atoms with Crippen molar-refractivity contribution >= 4 is 22.1 Å². The van der Waals surface area contributed by atoms with Crippen LogP contribution in [-0.4, -0.2) is 41.9 Å². The maximum Gasteiger partial charge on any atom is 0.178 e. The molecule has 1 unspecified atom stereocenters. The van der Waals surface area contributed by atoms with Crippen LogP contribution < -0.4 is 0 Å². The summed E-state index contributed by atoms with van der Waals surface area (Å²) < 4.78 is 7.88. The second kappa shape index (κ2) is 5.63. The van der Waals surface area contributed by atoms with Crippen LogP contribution in [0.2, 0.25) is 0 Å². The van der Waals surface area contributed by atoms with Gasteiger partial charge in [-0.25, -0.2) is 4.58 Å². The minimum absolute atomic E-state index is 0.319. The maximum absolute atomic E-state index is 5.36. The van der Waals surface area contributed by atoms with Crippen molar-refractivity contribution < 1.29 is 9.31 Å². The zero-order chi connectivity index (χ0) is 12.3. The Kier molecular flexibility index (Phi) is 4.99. The summed E-state index contributed by atoms with van der Waals surface area (Å²) in [5, 5.41) is 1.04. The molecule has 0 fully saturated rings. The van der Waals surface area contributed by atoms with Crippen LogP contribution in [0.5, 0.6) is 0 Å². The summed E-state index contributed by atoms with van der Waals surface area (Å²) in [6.45, 7) is 9.98. The van der Waals surface area contributed by atoms with Crippen LogP contribution in [-0.2, 0) is 4.74 Å². The molecule has 1 aliphatic rings. The van der Waals surface area contributed by atoms with Gasteiger partial charge in [-0.05, 0) is 0 Å². The third-order valence-corrected chi connectivity index (χ3v) is 4.10. The van der Waals surface area contributed by atoms with Crippen molar-refractivity contribution in [3.8, 4) is 0 Å². The van der Waals surface area contributed by atoms with Crippen LogP contribution in [0, 0.1) is 11.3 Å². The van der Waals surface area contributed by atoms with Crippen molar-refractivity contribution in [2.24, 2.45) is 11.3 Å². The fraction of sp³-hybridized carbons (Fsp3) is 0.923. The summed E-state index contributed by atoms with van der Waals surface area (Å²) in [6.07, 6.45) is 3.63. The Labute approximate surface area is 108 Å². The van der Waals surface area contributed by atoms with Gasteiger partial charge in [0.15, 0.2) is 12.1 Å². The van der Waals surface area contributed by atoms with Gasteiger partial charge in [0.05, 0.1) is 5.33 Å². The lowest BCUT2D eigenvalue weighted by Gasteiger charge is -2.20. The van der Waals surface area contributed by atoms with Gasteiger partial charge in [-0.15, -0.1) is 0 Å². The molecule has 1 aliphatic heterocycles. The lowest BCUT2D eigenvalue weighted by Crippen LogP contribution is -2.40. The van der Waals surface area contributed by atoms with Crippen molar-refractivity contribution in [1.82, 2.24) is 0 Å². The molecule has 0 spiro atoms. The summed E-state index contributed by atoms with van der Waals surface area (Å²) in [5.41, 5.74) is 0.319. The molecule has 1 rings (SSSR count). The third-order valence-electron chi connectivity index (χ3n) is 3.35. The molecule has 0 saturated heterocycles. The topological polar surface area (TPSA) is 12.2 Å². The van der Waals surface area contributed by atoms with E-state index in [1.165, 1.54) is 6.42 Å². The normalized spacial score (nSPS) is 25.9. The van der Waals surface area contributed by atoms with Gasteiger partial charge in [0, 0.05) is 24.9 Å². The number of hydrogen-bond acceptors (Lipinski definition) is 1. The molecule has 0 radical (unpaired) electrons. The van der Waals surface area contributed by atoms with E-state index in [0.717, 1.165) is 11.9 Å². The molecule has 0 amide bonds. The highest BCUT2D eigenvalue weighted by molar-refractivity contribution is 9.09. The molecule has 2 nitrogen and oxygen atoms in total. The first-order valence-corrected chi connectivity index (χ1v) is 7.22. The van der Waals surface area contributed by atoms with Gasteiger partial charge in [-0.3, -0.25) is 0 Å². The van der Waals surface area contributed by atoms with Crippen molar-refractivity contribution in [3.05, 3.63) is 0 Å². The Hall–Kier alpha value is 0.110. The number of alkyl halides is 1. The highest BCUT2D eigenvalue weighted by Gasteiger charge is 2.42. The van der Waals surface area contributed by atoms with Gasteiger partial charge in [0.1, 0.15) is 12.8 Å². The molecule has 0 aromatic rings. The molecule has 0 N–H and O–H groups in total. The van der Waals surface area contributed by atoms with Crippen molar-refractivity contribution in [2.45, 2.75) is 46.2 Å². The average Bonchev–Trinajstić information content (AvgIpc) is 2.49. The van der Waals surface area contributed by atoms with Gasteiger partial charge < -0.3 is 4.74 Å². The molecule has 16 heavy (non-hydrogen) atoms. The fourth-order valence-electron chi connectivity index (χ4n) is 2.57. The maximum atomic E-state index is 5.36. The van der Waals surface area contributed by atoms with Crippen molar-refractivity contribution in [1.29, 1.82) is 0 Å². The molecule has 94 valence electrons. The van der Waals surface area contributed by atoms with E-state index in [1.807, 2.05) is 0 Å². The lowest BCUT2D eigenvalue weighted by atomic mass is 9.91. The first kappa shape index (κ1) is 14.2. The minimum atomic E-state index is 0.319. The summed E-state index contributed by atoms with van der Waals surface area (Å²) in [6, 6.07) is 1.10. The molecule has 2 atom stereocenters. The van der Waals surface area contributed by atoms with E-state index in [1.54, 1.807) is 7.11 Å². The molecular weight excluding hydrogens is 266 g/mol. The predicted molar refractivity (Wildman–Crippen MR) is 72.8 cm³/mol. The van der Waals surface area contributed by atoms with E-state index in [0.29, 0.717) is 23.4 Å². The van der Waals surface area contributed by atoms with Crippen molar-refractivity contribution in [2.75, 3.05) is 19.0 Å². The summed E-state index contributed by atoms with van der Waals surface area (Å²) in [5.74, 6) is 0.617. The fourth-order valence-corrected chi connectivity index (χ4v) is 3.13. The highest BCUT2D eigenvalue weighted by Crippen LogP contribution is 2.30. The van der Waals surface area contributed by atoms with Gasteiger partial charge in [-0.1, -0.05) is 43.6 Å². The minimum Gasteiger partial charge on any atom is -0.378 e. The number of ether oxygens (including phenoxy) is 1. The van der Waals surface area contributed by atoms with Crippen LogP contribution in [0.4, 0.5) is 0 Å². The number of hydrogen-bond donors (Lipinski definition) is 0. The first-order valence-electron chi connectivity index (χ1n) is 6.09. The van der Waals surface area contributed by atoms with Crippen molar-refractivity contribution in [3.63, 3.8) is 0 Å². The standard InChI is InChI=1S/C13H25BrNO/c1-10(2)12(8-16-5)15-9-13(3,4)6-11(15)7-14/h9-12H,6-8H2,1-5H3/q+1/t11?,12-/m1/s1. The molecule has 0 saturated carbocycles. The van der Waals surface area contributed by atoms with E-state index in [2.05, 4.69) is 54.4 Å². The van der Waals surface area contributed by atoms with Gasteiger partial charge in [0.25, 0.3) is 0 Å². The highest BCUT2D eigenvalue weighted by atomic mass is 79.9. The van der Waals surface area contributed by atoms with Crippen LogP contribution in [0.3, 0.4) is 0 Å². The van der Waals surface area contributed by atoms with Crippen LogP contribution >= 0.6 is 15.9 Å². The monoisotopic (exact) mass is 290 g/mol. The van der Waals surface area contributed by atoms with Gasteiger partial charge >= 0.3 is 0 Å². The average molecular weight is 291 g/mol. The number of rotatable bonds is 5. The van der Waals surface area contributed by atoms with E-state index in [4.69, 9.17) is 4.74 Å². The number of halogens is 1. The Morgan fingerprint density at radius 2 is 2.12 bits per heavy atom. The van der Waals surface area contributed by atoms with Gasteiger partial charge in [0.2, 0.25) is 0 Å². The quantitative estimate of drug-likeness (QED) is 0.560. The molecule has 0 aromatic carbocycles. The van der Waals surface area contributed by atoms with Crippen LogP contribution in [0.1, 0.15) is 34.1 Å². The second-order valence-electron chi connectivity index (χ2n) is 5.84. The van der Waals surface area contributed by atoms with Crippen LogP contribution in [0.15, 0.2) is 0 Å². The second-order valence-corrected chi connectivity index (χ2v) is 6.49. The Morgan fingerprint density at radius 3 is 2.56 bits per heavy atom. The number of methoxy groups -OCH3 is 1. The Balaban J connectivity index is 2.89. The largest absolute Gasteiger partial charge is 0.378 e. The third kappa shape index (κ3) is 3.30. The first-order chi connectivity index (χ1) is 7.41. The smallest absolute Gasteiger partial charge is 0.178 e.